The fourth-order valence-electron chi connectivity index (χ4n) is 3.25. The van der Waals surface area contributed by atoms with Crippen LogP contribution in [0.1, 0.15) is 38.8 Å². The van der Waals surface area contributed by atoms with E-state index in [0.29, 0.717) is 29.1 Å². The quantitative estimate of drug-likeness (QED) is 0.433. The third kappa shape index (κ3) is 6.14. The van der Waals surface area contributed by atoms with E-state index in [1.165, 1.54) is 19.2 Å². The van der Waals surface area contributed by atoms with E-state index in [9.17, 15) is 18.0 Å². The number of carbonyl (C=O) groups excluding carboxylic acids is 2. The van der Waals surface area contributed by atoms with Gasteiger partial charge in [-0.1, -0.05) is 18.2 Å². The van der Waals surface area contributed by atoms with Gasteiger partial charge in [-0.05, 0) is 73.5 Å². The first-order valence-corrected chi connectivity index (χ1v) is 12.1. The summed E-state index contributed by atoms with van der Waals surface area (Å²) in [5.41, 5.74) is 2.51. The number of rotatable bonds is 9. The van der Waals surface area contributed by atoms with Crippen molar-refractivity contribution in [3.05, 3.63) is 89.0 Å². The van der Waals surface area contributed by atoms with Crippen LogP contribution in [0.2, 0.25) is 0 Å². The van der Waals surface area contributed by atoms with Gasteiger partial charge in [0.1, 0.15) is 5.75 Å². The Hall–Kier alpha value is -3.85. The minimum Gasteiger partial charge on any atom is -0.497 e. The highest BCUT2D eigenvalue weighted by Crippen LogP contribution is 2.21. The zero-order chi connectivity index (χ0) is 24.7. The number of methoxy groups -OCH3 is 1. The van der Waals surface area contributed by atoms with Crippen LogP contribution in [0.15, 0.2) is 71.6 Å². The highest BCUT2D eigenvalue weighted by atomic mass is 32.2. The first kappa shape index (κ1) is 24.8. The lowest BCUT2D eigenvalue weighted by Gasteiger charge is -2.12. The molecule has 3 N–H and O–H groups in total. The molecule has 0 heterocycles. The Kier molecular flexibility index (Phi) is 7.91. The van der Waals surface area contributed by atoms with Crippen molar-refractivity contribution in [3.8, 4) is 5.75 Å². The van der Waals surface area contributed by atoms with Crippen molar-refractivity contribution in [2.24, 2.45) is 0 Å². The van der Waals surface area contributed by atoms with Crippen molar-refractivity contribution in [2.75, 3.05) is 18.4 Å². The third-order valence-electron chi connectivity index (χ3n) is 5.09. The van der Waals surface area contributed by atoms with Gasteiger partial charge in [-0.3, -0.25) is 14.3 Å². The first-order valence-electron chi connectivity index (χ1n) is 10.7. The topological polar surface area (TPSA) is 114 Å². The molecule has 178 valence electrons. The van der Waals surface area contributed by atoms with Crippen LogP contribution in [0, 0.1) is 6.92 Å². The molecular weight excluding hydrogens is 454 g/mol. The van der Waals surface area contributed by atoms with Gasteiger partial charge in [0.25, 0.3) is 21.8 Å². The lowest BCUT2D eigenvalue weighted by atomic mass is 10.1. The summed E-state index contributed by atoms with van der Waals surface area (Å²) in [6, 6.07) is 17.8. The first-order chi connectivity index (χ1) is 16.2. The van der Waals surface area contributed by atoms with Gasteiger partial charge in [0.15, 0.2) is 0 Å². The van der Waals surface area contributed by atoms with Gasteiger partial charge in [-0.25, -0.2) is 8.42 Å². The average Bonchev–Trinajstić information content (AvgIpc) is 2.83. The summed E-state index contributed by atoms with van der Waals surface area (Å²) in [5, 5.41) is 5.53. The zero-order valence-electron chi connectivity index (χ0n) is 19.2. The number of aryl methyl sites for hydroxylation is 1. The van der Waals surface area contributed by atoms with Gasteiger partial charge in [0.2, 0.25) is 0 Å². The zero-order valence-corrected chi connectivity index (χ0v) is 20.0. The second-order valence-electron chi connectivity index (χ2n) is 7.55. The van der Waals surface area contributed by atoms with E-state index in [1.807, 2.05) is 6.92 Å². The van der Waals surface area contributed by atoms with Crippen molar-refractivity contribution in [2.45, 2.75) is 25.3 Å². The number of nitrogens with one attached hydrogen (secondary N) is 3. The summed E-state index contributed by atoms with van der Waals surface area (Å²) < 4.78 is 33.3. The number of sulfonamides is 1. The monoisotopic (exact) mass is 481 g/mol. The Labute approximate surface area is 199 Å². The van der Waals surface area contributed by atoms with Crippen LogP contribution >= 0.6 is 0 Å². The van der Waals surface area contributed by atoms with E-state index in [2.05, 4.69) is 15.4 Å². The second kappa shape index (κ2) is 10.8. The Morgan fingerprint density at radius 3 is 2.32 bits per heavy atom. The predicted octanol–water partition coefficient (Wildman–Crippen LogP) is 3.48. The van der Waals surface area contributed by atoms with Gasteiger partial charge in [-0.2, -0.15) is 0 Å². The van der Waals surface area contributed by atoms with Crippen molar-refractivity contribution in [3.63, 3.8) is 0 Å². The molecule has 0 saturated heterocycles. The van der Waals surface area contributed by atoms with E-state index in [4.69, 9.17) is 4.74 Å². The van der Waals surface area contributed by atoms with Crippen LogP contribution in [0.4, 0.5) is 5.69 Å². The maximum Gasteiger partial charge on any atom is 0.261 e. The molecule has 8 nitrogen and oxygen atoms in total. The number of carbonyl (C=O) groups is 2. The fraction of sp³-hybridized carbons (Fsp3) is 0.200. The number of anilines is 1. The Bertz CT molecular complexity index is 1290. The number of benzene rings is 3. The number of ether oxygens (including phenoxy) is 1. The molecule has 3 aromatic carbocycles. The van der Waals surface area contributed by atoms with E-state index in [-0.39, 0.29) is 22.9 Å². The molecule has 0 radical (unpaired) electrons. The molecule has 0 saturated carbocycles. The molecule has 0 fully saturated rings. The molecule has 0 bridgehead atoms. The van der Waals surface area contributed by atoms with E-state index >= 15 is 0 Å². The SMILES string of the molecule is CCNC(=O)c1cccc(CNC(=O)c2cc(S(=O)(=O)Nc3ccc(OC)cc3)ccc2C)c1. The molecule has 0 spiro atoms. The molecule has 3 rings (SSSR count). The van der Waals surface area contributed by atoms with Gasteiger partial charge in [0.05, 0.1) is 12.0 Å². The molecule has 3 aromatic rings. The van der Waals surface area contributed by atoms with Crippen LogP contribution in [0.25, 0.3) is 0 Å². The van der Waals surface area contributed by atoms with Crippen LogP contribution in [0.5, 0.6) is 5.75 Å². The standard InChI is InChI=1S/C25H27N3O5S/c1-4-26-24(29)19-7-5-6-18(14-19)16-27-25(30)23-15-22(13-8-17(23)2)34(31,32)28-20-9-11-21(33-3)12-10-20/h5-15,28H,4,16H2,1-3H3,(H,26,29)(H,27,30). The molecule has 0 unspecified atom stereocenters. The van der Waals surface area contributed by atoms with Crippen LogP contribution < -0.4 is 20.1 Å². The fourth-order valence-corrected chi connectivity index (χ4v) is 4.33. The van der Waals surface area contributed by atoms with E-state index in [1.54, 1.807) is 61.5 Å². The largest absolute Gasteiger partial charge is 0.497 e. The maximum atomic E-state index is 12.9. The second-order valence-corrected chi connectivity index (χ2v) is 9.24. The number of hydrogen-bond acceptors (Lipinski definition) is 5. The summed E-state index contributed by atoms with van der Waals surface area (Å²) in [4.78, 5) is 24.8. The molecule has 0 aromatic heterocycles. The van der Waals surface area contributed by atoms with Crippen LogP contribution in [0.3, 0.4) is 0 Å². The van der Waals surface area contributed by atoms with Gasteiger partial charge in [-0.15, -0.1) is 0 Å². The lowest BCUT2D eigenvalue weighted by molar-refractivity contribution is 0.0946. The van der Waals surface area contributed by atoms with Gasteiger partial charge < -0.3 is 15.4 Å². The Morgan fingerprint density at radius 1 is 0.912 bits per heavy atom. The highest BCUT2D eigenvalue weighted by Gasteiger charge is 2.18. The van der Waals surface area contributed by atoms with Gasteiger partial charge in [0, 0.05) is 29.9 Å². The molecule has 34 heavy (non-hydrogen) atoms. The van der Waals surface area contributed by atoms with Crippen LogP contribution in [-0.2, 0) is 16.6 Å². The maximum absolute atomic E-state index is 12.9. The van der Waals surface area contributed by atoms with Gasteiger partial charge >= 0.3 is 0 Å². The number of amides is 2. The van der Waals surface area contributed by atoms with Crippen molar-refractivity contribution < 1.29 is 22.7 Å². The molecule has 2 amide bonds. The predicted molar refractivity (Wildman–Crippen MR) is 131 cm³/mol. The molecule has 0 aliphatic carbocycles. The summed E-state index contributed by atoms with van der Waals surface area (Å²) in [7, 11) is -2.38. The highest BCUT2D eigenvalue weighted by molar-refractivity contribution is 7.92. The Morgan fingerprint density at radius 2 is 1.65 bits per heavy atom. The molecule has 0 aliphatic rings. The van der Waals surface area contributed by atoms with E-state index < -0.39 is 15.9 Å². The smallest absolute Gasteiger partial charge is 0.261 e. The summed E-state index contributed by atoms with van der Waals surface area (Å²) >= 11 is 0. The molecule has 0 aliphatic heterocycles. The van der Waals surface area contributed by atoms with Crippen LogP contribution in [-0.4, -0.2) is 33.9 Å². The Balaban J connectivity index is 1.74. The average molecular weight is 482 g/mol. The lowest BCUT2D eigenvalue weighted by Crippen LogP contribution is -2.25. The van der Waals surface area contributed by atoms with E-state index in [0.717, 1.165) is 5.56 Å². The molecule has 0 atom stereocenters. The summed E-state index contributed by atoms with van der Waals surface area (Å²) in [6.45, 7) is 4.28. The third-order valence-corrected chi connectivity index (χ3v) is 6.46. The summed E-state index contributed by atoms with van der Waals surface area (Å²) in [5.74, 6) is 0.00460. The minimum absolute atomic E-state index is 0.0303. The molecular formula is C25H27N3O5S. The van der Waals surface area contributed by atoms with Crippen molar-refractivity contribution in [1.29, 1.82) is 0 Å². The molecule has 9 heteroatoms. The summed E-state index contributed by atoms with van der Waals surface area (Å²) in [6.07, 6.45) is 0. The minimum atomic E-state index is -3.91. The van der Waals surface area contributed by atoms with Crippen molar-refractivity contribution in [1.82, 2.24) is 10.6 Å². The van der Waals surface area contributed by atoms with Crippen molar-refractivity contribution >= 4 is 27.5 Å². The normalized spacial score (nSPS) is 10.9. The number of hydrogen-bond donors (Lipinski definition) is 3.